The van der Waals surface area contributed by atoms with Gasteiger partial charge in [0.25, 0.3) is 0 Å². The van der Waals surface area contributed by atoms with E-state index >= 15 is 0 Å². The van der Waals surface area contributed by atoms with Gasteiger partial charge < -0.3 is 13.7 Å². The fourth-order valence-electron chi connectivity index (χ4n) is 9.39. The lowest BCUT2D eigenvalue weighted by Gasteiger charge is -2.40. The Hall–Kier alpha value is -6.46. The molecule has 2 aliphatic rings. The third-order valence-corrected chi connectivity index (χ3v) is 13.1. The van der Waals surface area contributed by atoms with Crippen molar-refractivity contribution in [3.8, 4) is 22.3 Å². The zero-order valence-electron chi connectivity index (χ0n) is 29.9. The molecule has 0 saturated carbocycles. The monoisotopic (exact) mass is 755 g/mol. The van der Waals surface area contributed by atoms with E-state index in [1.54, 1.807) is 6.26 Å². The lowest BCUT2D eigenvalue weighted by Crippen LogP contribution is -2.32. The fraction of sp³-hybridized carbons (Fsp3) is 0.0196. The van der Waals surface area contributed by atoms with Crippen molar-refractivity contribution in [2.45, 2.75) is 15.2 Å². The molecule has 0 saturated heterocycles. The number of rotatable bonds is 4. The fourth-order valence-corrected chi connectivity index (χ4v) is 10.8. The number of furan rings is 2. The van der Waals surface area contributed by atoms with E-state index in [-0.39, 0.29) is 0 Å². The van der Waals surface area contributed by atoms with E-state index in [1.807, 2.05) is 30.0 Å². The van der Waals surface area contributed by atoms with Crippen LogP contribution in [0.2, 0.25) is 5.02 Å². The summed E-state index contributed by atoms with van der Waals surface area (Å²) in [5, 5.41) is 4.01. The van der Waals surface area contributed by atoms with Gasteiger partial charge in [-0.2, -0.15) is 0 Å². The second-order valence-corrected chi connectivity index (χ2v) is 16.0. The lowest BCUT2D eigenvalue weighted by molar-refractivity contribution is 0.616. The van der Waals surface area contributed by atoms with Gasteiger partial charge in [0.05, 0.1) is 17.4 Å². The highest BCUT2D eigenvalue weighted by molar-refractivity contribution is 7.99. The third-order valence-electron chi connectivity index (χ3n) is 11.7. The maximum atomic E-state index is 7.14. The summed E-state index contributed by atoms with van der Waals surface area (Å²) in [5.74, 6) is 0. The number of anilines is 3. The molecule has 0 bridgehead atoms. The summed E-state index contributed by atoms with van der Waals surface area (Å²) in [6.45, 7) is 0. The predicted octanol–water partition coefficient (Wildman–Crippen LogP) is 15.0. The standard InChI is InChI=1S/C51H30ClNO2S/c52-43-18-10-17-41-50(43)36-13-4-6-15-39(36)51(41)40-16-7-9-20-47(40)56-48-24-22-34(29-42(48)51)53(33-11-2-1-3-12-33)35-28-38(31-21-23-44-32(27-31)25-26-54-44)49-37-14-5-8-19-45(37)55-46(49)30-35/h1-30H. The molecule has 1 aliphatic carbocycles. The SMILES string of the molecule is Clc1cccc2c1-c1ccccc1C21c2ccccc2Sc2ccc(N(c3ccccc3)c3cc(-c4ccc5occc5c4)c4c(c3)oc3ccccc34)cc21. The highest BCUT2D eigenvalue weighted by atomic mass is 35.5. The summed E-state index contributed by atoms with van der Waals surface area (Å²) in [6, 6.07) is 63.0. The highest BCUT2D eigenvalue weighted by Gasteiger charge is 2.51. The minimum absolute atomic E-state index is 0.569. The first-order valence-corrected chi connectivity index (χ1v) is 20.0. The number of nitrogens with zero attached hydrogens (tertiary/aromatic N) is 1. The van der Waals surface area contributed by atoms with Gasteiger partial charge in [-0.3, -0.25) is 0 Å². The first-order chi connectivity index (χ1) is 27.7. The highest BCUT2D eigenvalue weighted by Crippen LogP contribution is 2.63. The molecule has 3 heterocycles. The number of benzene rings is 8. The summed E-state index contributed by atoms with van der Waals surface area (Å²) in [7, 11) is 0. The zero-order valence-corrected chi connectivity index (χ0v) is 31.4. The molecule has 56 heavy (non-hydrogen) atoms. The summed E-state index contributed by atoms with van der Waals surface area (Å²) in [4.78, 5) is 4.85. The number of hydrogen-bond donors (Lipinski definition) is 0. The van der Waals surface area contributed by atoms with E-state index in [9.17, 15) is 0 Å². The predicted molar refractivity (Wildman–Crippen MR) is 230 cm³/mol. The van der Waals surface area contributed by atoms with Crippen LogP contribution in [-0.2, 0) is 5.41 Å². The molecule has 1 aliphatic heterocycles. The van der Waals surface area contributed by atoms with E-state index in [1.165, 1.54) is 37.6 Å². The Morgan fingerprint density at radius 1 is 0.500 bits per heavy atom. The largest absolute Gasteiger partial charge is 0.464 e. The Kier molecular flexibility index (Phi) is 6.83. The molecule has 0 amide bonds. The van der Waals surface area contributed by atoms with Crippen LogP contribution in [0.1, 0.15) is 22.3 Å². The normalized spacial score (nSPS) is 15.2. The molecule has 264 valence electrons. The van der Waals surface area contributed by atoms with Crippen LogP contribution in [-0.4, -0.2) is 0 Å². The van der Waals surface area contributed by atoms with Crippen molar-refractivity contribution in [1.29, 1.82) is 0 Å². The Balaban J connectivity index is 1.15. The van der Waals surface area contributed by atoms with E-state index in [4.69, 9.17) is 20.4 Å². The minimum atomic E-state index is -0.569. The van der Waals surface area contributed by atoms with Gasteiger partial charge in [-0.15, -0.1) is 0 Å². The maximum Gasteiger partial charge on any atom is 0.138 e. The van der Waals surface area contributed by atoms with Gasteiger partial charge in [0.1, 0.15) is 16.7 Å². The smallest absolute Gasteiger partial charge is 0.138 e. The zero-order chi connectivity index (χ0) is 37.0. The topological polar surface area (TPSA) is 29.5 Å². The third kappa shape index (κ3) is 4.43. The summed E-state index contributed by atoms with van der Waals surface area (Å²) < 4.78 is 12.4. The maximum absolute atomic E-state index is 7.14. The van der Waals surface area contributed by atoms with Gasteiger partial charge in [0, 0.05) is 54.0 Å². The van der Waals surface area contributed by atoms with Crippen LogP contribution in [0.5, 0.6) is 0 Å². The van der Waals surface area contributed by atoms with Crippen molar-refractivity contribution in [2.24, 2.45) is 0 Å². The second-order valence-electron chi connectivity index (χ2n) is 14.5. The van der Waals surface area contributed by atoms with Crippen molar-refractivity contribution >= 4 is 73.3 Å². The molecular weight excluding hydrogens is 726 g/mol. The number of para-hydroxylation sites is 2. The molecule has 12 rings (SSSR count). The van der Waals surface area contributed by atoms with E-state index in [0.717, 1.165) is 71.7 Å². The summed E-state index contributed by atoms with van der Waals surface area (Å²) >= 11 is 8.98. The van der Waals surface area contributed by atoms with Crippen molar-refractivity contribution in [3.05, 3.63) is 209 Å². The lowest BCUT2D eigenvalue weighted by atomic mass is 9.67. The molecule has 1 unspecified atom stereocenters. The molecule has 1 atom stereocenters. The molecule has 0 fully saturated rings. The molecule has 0 radical (unpaired) electrons. The van der Waals surface area contributed by atoms with Crippen molar-refractivity contribution < 1.29 is 8.83 Å². The van der Waals surface area contributed by atoms with Crippen LogP contribution in [0.25, 0.3) is 55.2 Å². The van der Waals surface area contributed by atoms with Crippen LogP contribution in [0.15, 0.2) is 201 Å². The van der Waals surface area contributed by atoms with Crippen LogP contribution in [0, 0.1) is 0 Å². The van der Waals surface area contributed by atoms with Gasteiger partial charge in [-0.05, 0) is 112 Å². The average Bonchev–Trinajstić information content (AvgIpc) is 3.95. The Morgan fingerprint density at radius 3 is 2.21 bits per heavy atom. The Labute approximate surface area is 332 Å². The van der Waals surface area contributed by atoms with E-state index in [2.05, 4.69) is 163 Å². The van der Waals surface area contributed by atoms with Crippen LogP contribution in [0.4, 0.5) is 17.1 Å². The van der Waals surface area contributed by atoms with Gasteiger partial charge >= 0.3 is 0 Å². The second kappa shape index (κ2) is 12.0. The first-order valence-electron chi connectivity index (χ1n) is 18.8. The average molecular weight is 756 g/mol. The molecule has 5 heteroatoms. The van der Waals surface area contributed by atoms with Crippen LogP contribution < -0.4 is 4.90 Å². The molecule has 8 aromatic carbocycles. The Morgan fingerprint density at radius 2 is 1.29 bits per heavy atom. The van der Waals surface area contributed by atoms with E-state index < -0.39 is 5.41 Å². The Bertz CT molecular complexity index is 3220. The van der Waals surface area contributed by atoms with Gasteiger partial charge in [0.2, 0.25) is 0 Å². The van der Waals surface area contributed by atoms with Crippen LogP contribution >= 0.6 is 23.4 Å². The molecule has 1 spiro atoms. The summed E-state index contributed by atoms with van der Waals surface area (Å²) in [6.07, 6.45) is 1.75. The van der Waals surface area contributed by atoms with Gasteiger partial charge in [0.15, 0.2) is 0 Å². The molecule has 10 aromatic rings. The van der Waals surface area contributed by atoms with Gasteiger partial charge in [-0.25, -0.2) is 0 Å². The molecular formula is C51H30ClNO2S. The number of fused-ring (bicyclic) bond motifs is 13. The van der Waals surface area contributed by atoms with Gasteiger partial charge in [-0.1, -0.05) is 120 Å². The number of hydrogen-bond acceptors (Lipinski definition) is 4. The van der Waals surface area contributed by atoms with Crippen molar-refractivity contribution in [1.82, 2.24) is 0 Å². The van der Waals surface area contributed by atoms with Crippen molar-refractivity contribution in [2.75, 3.05) is 4.90 Å². The minimum Gasteiger partial charge on any atom is -0.464 e. The van der Waals surface area contributed by atoms with Crippen LogP contribution in [0.3, 0.4) is 0 Å². The number of halogens is 1. The molecule has 0 N–H and O–H groups in total. The molecule has 2 aromatic heterocycles. The quantitative estimate of drug-likeness (QED) is 0.179. The van der Waals surface area contributed by atoms with E-state index in [0.29, 0.717) is 0 Å². The summed E-state index contributed by atoms with van der Waals surface area (Å²) in [5.41, 5.74) is 14.5. The van der Waals surface area contributed by atoms with Crippen molar-refractivity contribution in [3.63, 3.8) is 0 Å². The molecule has 3 nitrogen and oxygen atoms in total. The first kappa shape index (κ1) is 31.8.